The molecule has 1 aromatic carbocycles. The van der Waals surface area contributed by atoms with Crippen molar-refractivity contribution in [3.05, 3.63) is 53.2 Å². The van der Waals surface area contributed by atoms with Crippen molar-refractivity contribution in [1.29, 1.82) is 0 Å². The Morgan fingerprint density at radius 1 is 1.21 bits per heavy atom. The average molecular weight is 256 g/mol. The quantitative estimate of drug-likeness (QED) is 0.875. The fraction of sp³-hybridized carbons (Fsp3) is 0.312. The molecule has 0 aliphatic heterocycles. The molecule has 0 saturated heterocycles. The number of benzene rings is 1. The zero-order valence-corrected chi connectivity index (χ0v) is 11.6. The lowest BCUT2D eigenvalue weighted by molar-refractivity contribution is 0.282. The number of nitrogens with one attached hydrogen (secondary N) is 1. The van der Waals surface area contributed by atoms with Crippen LogP contribution in [0.4, 0.5) is 11.5 Å². The van der Waals surface area contributed by atoms with E-state index in [0.717, 1.165) is 17.1 Å². The van der Waals surface area contributed by atoms with Crippen molar-refractivity contribution < 1.29 is 5.11 Å². The van der Waals surface area contributed by atoms with Crippen molar-refractivity contribution in [3.8, 4) is 0 Å². The molecule has 2 N–H and O–H groups in total. The number of rotatable bonds is 4. The van der Waals surface area contributed by atoms with Gasteiger partial charge in [-0.1, -0.05) is 38.1 Å². The van der Waals surface area contributed by atoms with Gasteiger partial charge in [-0.2, -0.15) is 0 Å². The molecule has 3 nitrogen and oxygen atoms in total. The molecule has 2 aromatic rings. The summed E-state index contributed by atoms with van der Waals surface area (Å²) in [6, 6.07) is 9.99. The normalized spacial score (nSPS) is 10.8. The Labute approximate surface area is 114 Å². The molecule has 0 bridgehead atoms. The highest BCUT2D eigenvalue weighted by molar-refractivity contribution is 5.67. The second kappa shape index (κ2) is 5.85. The fourth-order valence-electron chi connectivity index (χ4n) is 2.14. The van der Waals surface area contributed by atoms with Gasteiger partial charge in [-0.3, -0.25) is 0 Å². The number of aromatic nitrogens is 1. The molecule has 3 heteroatoms. The number of nitrogens with zero attached hydrogens (tertiary/aromatic N) is 1. The predicted molar refractivity (Wildman–Crippen MR) is 78.7 cm³/mol. The molecule has 0 aliphatic carbocycles. The minimum atomic E-state index is -0.0148. The number of hydrogen-bond acceptors (Lipinski definition) is 3. The fourth-order valence-corrected chi connectivity index (χ4v) is 2.14. The number of anilines is 2. The SMILES string of the molecule is Cc1cccc(C(C)C)c1Nc1ncccc1CO. The second-order valence-corrected chi connectivity index (χ2v) is 4.99. The van der Waals surface area contributed by atoms with E-state index in [0.29, 0.717) is 5.92 Å². The maximum absolute atomic E-state index is 9.36. The molecule has 0 amide bonds. The first kappa shape index (κ1) is 13.6. The molecule has 0 atom stereocenters. The lowest BCUT2D eigenvalue weighted by Gasteiger charge is -2.18. The van der Waals surface area contributed by atoms with Gasteiger partial charge < -0.3 is 10.4 Å². The lowest BCUT2D eigenvalue weighted by atomic mass is 9.98. The van der Waals surface area contributed by atoms with Crippen LogP contribution in [0.2, 0.25) is 0 Å². The van der Waals surface area contributed by atoms with Gasteiger partial charge in [0.05, 0.1) is 6.61 Å². The zero-order valence-electron chi connectivity index (χ0n) is 11.6. The molecule has 0 aliphatic rings. The van der Waals surface area contributed by atoms with E-state index < -0.39 is 0 Å². The van der Waals surface area contributed by atoms with Crippen molar-refractivity contribution in [3.63, 3.8) is 0 Å². The van der Waals surface area contributed by atoms with E-state index >= 15 is 0 Å². The van der Waals surface area contributed by atoms with Crippen LogP contribution in [0.3, 0.4) is 0 Å². The van der Waals surface area contributed by atoms with Crippen LogP contribution in [0.5, 0.6) is 0 Å². The van der Waals surface area contributed by atoms with E-state index in [1.807, 2.05) is 12.1 Å². The number of hydrogen-bond donors (Lipinski definition) is 2. The molecule has 100 valence electrons. The number of para-hydroxylation sites is 1. The van der Waals surface area contributed by atoms with Crippen LogP contribution < -0.4 is 5.32 Å². The van der Waals surface area contributed by atoms with Crippen LogP contribution in [0, 0.1) is 6.92 Å². The minimum Gasteiger partial charge on any atom is -0.392 e. The first-order valence-corrected chi connectivity index (χ1v) is 6.54. The topological polar surface area (TPSA) is 45.2 Å². The number of aliphatic hydroxyl groups excluding tert-OH is 1. The third-order valence-corrected chi connectivity index (χ3v) is 3.23. The summed E-state index contributed by atoms with van der Waals surface area (Å²) in [6.07, 6.45) is 1.73. The standard InChI is InChI=1S/C16H20N2O/c1-11(2)14-8-4-6-12(3)15(14)18-16-13(10-19)7-5-9-17-16/h4-9,11,19H,10H2,1-3H3,(H,17,18). The highest BCUT2D eigenvalue weighted by Gasteiger charge is 2.11. The summed E-state index contributed by atoms with van der Waals surface area (Å²) in [5.74, 6) is 1.16. The van der Waals surface area contributed by atoms with E-state index in [9.17, 15) is 5.11 Å². The maximum atomic E-state index is 9.36. The Hall–Kier alpha value is -1.87. The number of pyridine rings is 1. The highest BCUT2D eigenvalue weighted by Crippen LogP contribution is 2.30. The molecular formula is C16H20N2O. The molecule has 0 radical (unpaired) electrons. The summed E-state index contributed by atoms with van der Waals surface area (Å²) in [7, 11) is 0. The average Bonchev–Trinajstić information content (AvgIpc) is 2.41. The predicted octanol–water partition coefficient (Wildman–Crippen LogP) is 3.75. The van der Waals surface area contributed by atoms with Crippen molar-refractivity contribution >= 4 is 11.5 Å². The Kier molecular flexibility index (Phi) is 4.17. The molecule has 1 heterocycles. The second-order valence-electron chi connectivity index (χ2n) is 4.99. The summed E-state index contributed by atoms with van der Waals surface area (Å²) in [5, 5.41) is 12.7. The Morgan fingerprint density at radius 2 is 2.00 bits per heavy atom. The van der Waals surface area contributed by atoms with Gasteiger partial charge in [-0.05, 0) is 30.0 Å². The highest BCUT2D eigenvalue weighted by atomic mass is 16.3. The van der Waals surface area contributed by atoms with E-state index in [1.165, 1.54) is 11.1 Å². The van der Waals surface area contributed by atoms with Crippen LogP contribution in [-0.4, -0.2) is 10.1 Å². The summed E-state index contributed by atoms with van der Waals surface area (Å²) in [5.41, 5.74) is 4.33. The van der Waals surface area contributed by atoms with Crippen LogP contribution in [0.15, 0.2) is 36.5 Å². The number of aryl methyl sites for hydroxylation is 1. The number of aliphatic hydroxyl groups is 1. The smallest absolute Gasteiger partial charge is 0.135 e. The van der Waals surface area contributed by atoms with Gasteiger partial charge >= 0.3 is 0 Å². The molecule has 0 spiro atoms. The summed E-state index contributed by atoms with van der Waals surface area (Å²) < 4.78 is 0. The van der Waals surface area contributed by atoms with Crippen LogP contribution >= 0.6 is 0 Å². The maximum Gasteiger partial charge on any atom is 0.135 e. The van der Waals surface area contributed by atoms with Crippen molar-refractivity contribution in [2.24, 2.45) is 0 Å². The van der Waals surface area contributed by atoms with Crippen LogP contribution in [-0.2, 0) is 6.61 Å². The van der Waals surface area contributed by atoms with Gasteiger partial charge in [-0.25, -0.2) is 4.98 Å². The van der Waals surface area contributed by atoms with Crippen LogP contribution in [0.25, 0.3) is 0 Å². The molecule has 0 unspecified atom stereocenters. The van der Waals surface area contributed by atoms with Gasteiger partial charge in [0.2, 0.25) is 0 Å². The van der Waals surface area contributed by atoms with Gasteiger partial charge in [0, 0.05) is 17.4 Å². The molecule has 1 aromatic heterocycles. The largest absolute Gasteiger partial charge is 0.392 e. The van der Waals surface area contributed by atoms with Gasteiger partial charge in [-0.15, -0.1) is 0 Å². The Morgan fingerprint density at radius 3 is 2.68 bits per heavy atom. The summed E-state index contributed by atoms with van der Waals surface area (Å²) in [6.45, 7) is 6.41. The van der Waals surface area contributed by atoms with Crippen LogP contribution in [0.1, 0.15) is 36.5 Å². The van der Waals surface area contributed by atoms with E-state index in [2.05, 4.69) is 49.3 Å². The van der Waals surface area contributed by atoms with Crippen molar-refractivity contribution in [2.75, 3.05) is 5.32 Å². The molecular weight excluding hydrogens is 236 g/mol. The van der Waals surface area contributed by atoms with Gasteiger partial charge in [0.25, 0.3) is 0 Å². The third kappa shape index (κ3) is 2.93. The summed E-state index contributed by atoms with van der Waals surface area (Å²) in [4.78, 5) is 4.32. The van der Waals surface area contributed by atoms with Gasteiger partial charge in [0.1, 0.15) is 5.82 Å². The lowest BCUT2D eigenvalue weighted by Crippen LogP contribution is -2.04. The minimum absolute atomic E-state index is 0.0148. The molecule has 0 fully saturated rings. The zero-order chi connectivity index (χ0) is 13.8. The summed E-state index contributed by atoms with van der Waals surface area (Å²) >= 11 is 0. The third-order valence-electron chi connectivity index (χ3n) is 3.23. The monoisotopic (exact) mass is 256 g/mol. The Balaban J connectivity index is 2.43. The van der Waals surface area contributed by atoms with E-state index in [1.54, 1.807) is 6.20 Å². The first-order chi connectivity index (χ1) is 9.13. The van der Waals surface area contributed by atoms with E-state index in [-0.39, 0.29) is 6.61 Å². The molecule has 2 rings (SSSR count). The Bertz CT molecular complexity index is 564. The van der Waals surface area contributed by atoms with Crippen molar-refractivity contribution in [2.45, 2.75) is 33.3 Å². The van der Waals surface area contributed by atoms with Gasteiger partial charge in [0.15, 0.2) is 0 Å². The van der Waals surface area contributed by atoms with E-state index in [4.69, 9.17) is 0 Å². The molecule has 0 saturated carbocycles. The molecule has 19 heavy (non-hydrogen) atoms. The first-order valence-electron chi connectivity index (χ1n) is 6.54. The van der Waals surface area contributed by atoms with Crippen molar-refractivity contribution in [1.82, 2.24) is 4.98 Å².